The van der Waals surface area contributed by atoms with E-state index in [4.69, 9.17) is 0 Å². The first-order valence-electron chi connectivity index (χ1n) is 5.99. The average molecular weight is 230 g/mol. The van der Waals surface area contributed by atoms with Gasteiger partial charge in [-0.25, -0.2) is 4.98 Å². The Labute approximate surface area is 101 Å². The Bertz CT molecular complexity index is 476. The molecule has 0 aliphatic heterocycles. The fraction of sp³-hybridized carbons (Fsp3) is 0.385. The van der Waals surface area contributed by atoms with E-state index in [2.05, 4.69) is 45.6 Å². The minimum atomic E-state index is 0.800. The molecule has 0 saturated carbocycles. The average Bonchev–Trinajstić information content (AvgIpc) is 2.85. The lowest BCUT2D eigenvalue weighted by Gasteiger charge is -2.05. The third-order valence-corrected chi connectivity index (χ3v) is 2.77. The molecule has 1 heterocycles. The molecular formula is C13H18N4. The molecule has 2 rings (SSSR count). The molecular weight excluding hydrogens is 212 g/mol. The minimum Gasteiger partial charge on any atom is -0.319 e. The molecule has 2 N–H and O–H groups in total. The van der Waals surface area contributed by atoms with Crippen LogP contribution in [0, 0.1) is 0 Å². The molecule has 0 saturated heterocycles. The van der Waals surface area contributed by atoms with Crippen LogP contribution in [0.3, 0.4) is 0 Å². The highest BCUT2D eigenvalue weighted by Gasteiger charge is 2.08. The van der Waals surface area contributed by atoms with Gasteiger partial charge in [0.05, 0.1) is 0 Å². The van der Waals surface area contributed by atoms with Gasteiger partial charge in [0.25, 0.3) is 0 Å². The van der Waals surface area contributed by atoms with Crippen molar-refractivity contribution in [1.82, 2.24) is 20.5 Å². The summed E-state index contributed by atoms with van der Waals surface area (Å²) in [6, 6.07) is 8.30. The van der Waals surface area contributed by atoms with Gasteiger partial charge in [0.2, 0.25) is 0 Å². The van der Waals surface area contributed by atoms with E-state index in [-0.39, 0.29) is 0 Å². The first-order chi connectivity index (χ1) is 8.35. The minimum absolute atomic E-state index is 0.800. The predicted octanol–water partition coefficient (Wildman–Crippen LogP) is 1.80. The zero-order valence-corrected chi connectivity index (χ0v) is 10.3. The fourth-order valence-electron chi connectivity index (χ4n) is 1.79. The van der Waals surface area contributed by atoms with Crippen molar-refractivity contribution >= 4 is 0 Å². The van der Waals surface area contributed by atoms with Crippen molar-refractivity contribution in [2.24, 2.45) is 0 Å². The first-order valence-corrected chi connectivity index (χ1v) is 5.99. The molecule has 0 unspecified atom stereocenters. The van der Waals surface area contributed by atoms with Gasteiger partial charge in [0.15, 0.2) is 5.82 Å². The molecule has 0 radical (unpaired) electrons. The summed E-state index contributed by atoms with van der Waals surface area (Å²) in [6.45, 7) is 3.03. The van der Waals surface area contributed by atoms with Crippen LogP contribution in [0.4, 0.5) is 0 Å². The van der Waals surface area contributed by atoms with Crippen molar-refractivity contribution in [2.45, 2.75) is 19.8 Å². The summed E-state index contributed by atoms with van der Waals surface area (Å²) in [4.78, 5) is 4.48. The number of aromatic nitrogens is 3. The van der Waals surface area contributed by atoms with Gasteiger partial charge in [0, 0.05) is 12.0 Å². The summed E-state index contributed by atoms with van der Waals surface area (Å²) in [5.41, 5.74) is 2.40. The molecule has 0 amide bonds. The van der Waals surface area contributed by atoms with E-state index in [9.17, 15) is 0 Å². The van der Waals surface area contributed by atoms with Gasteiger partial charge < -0.3 is 5.32 Å². The summed E-state index contributed by atoms with van der Waals surface area (Å²) < 4.78 is 0. The molecule has 0 bridgehead atoms. The number of benzene rings is 1. The number of hydrogen-bond acceptors (Lipinski definition) is 3. The van der Waals surface area contributed by atoms with Gasteiger partial charge in [-0.1, -0.05) is 31.2 Å². The Morgan fingerprint density at radius 2 is 2.12 bits per heavy atom. The number of likely N-dealkylation sites (N-methyl/N-ethyl adjacent to an activating group) is 1. The second kappa shape index (κ2) is 5.59. The van der Waals surface area contributed by atoms with Gasteiger partial charge >= 0.3 is 0 Å². The first kappa shape index (κ1) is 11.8. The molecule has 2 aromatic rings. The molecule has 1 aromatic carbocycles. The molecule has 0 aliphatic rings. The van der Waals surface area contributed by atoms with E-state index in [1.54, 1.807) is 0 Å². The van der Waals surface area contributed by atoms with Crippen LogP contribution >= 0.6 is 0 Å². The summed E-state index contributed by atoms with van der Waals surface area (Å²) in [6.07, 6.45) is 1.87. The highest BCUT2D eigenvalue weighted by Crippen LogP contribution is 2.20. The Kier molecular flexibility index (Phi) is 3.88. The van der Waals surface area contributed by atoms with Crippen LogP contribution in [-0.4, -0.2) is 28.8 Å². The number of aromatic amines is 1. The van der Waals surface area contributed by atoms with E-state index in [0.29, 0.717) is 0 Å². The normalized spacial score (nSPS) is 10.7. The molecule has 0 aliphatic carbocycles. The maximum Gasteiger partial charge on any atom is 0.181 e. The second-order valence-corrected chi connectivity index (χ2v) is 3.97. The number of rotatable bonds is 5. The van der Waals surface area contributed by atoms with E-state index in [0.717, 1.165) is 36.6 Å². The molecule has 17 heavy (non-hydrogen) atoms. The van der Waals surface area contributed by atoms with Gasteiger partial charge in [-0.2, -0.15) is 5.10 Å². The predicted molar refractivity (Wildman–Crippen MR) is 68.8 cm³/mol. The Hall–Kier alpha value is -1.68. The van der Waals surface area contributed by atoms with Crippen LogP contribution < -0.4 is 5.32 Å². The highest BCUT2D eigenvalue weighted by atomic mass is 15.2. The SMILES string of the molecule is CCc1nc(-c2ccccc2CCNC)n[nH]1. The summed E-state index contributed by atoms with van der Waals surface area (Å²) in [5.74, 6) is 1.73. The third kappa shape index (κ3) is 2.71. The highest BCUT2D eigenvalue weighted by molar-refractivity contribution is 5.59. The van der Waals surface area contributed by atoms with Crippen molar-refractivity contribution in [2.75, 3.05) is 13.6 Å². The summed E-state index contributed by atoms with van der Waals surface area (Å²) in [7, 11) is 1.96. The molecule has 4 nitrogen and oxygen atoms in total. The van der Waals surface area contributed by atoms with Crippen molar-refractivity contribution in [3.05, 3.63) is 35.7 Å². The number of aryl methyl sites for hydroxylation is 1. The molecule has 90 valence electrons. The van der Waals surface area contributed by atoms with Crippen LogP contribution in [0.5, 0.6) is 0 Å². The van der Waals surface area contributed by atoms with Gasteiger partial charge in [0.1, 0.15) is 5.82 Å². The Morgan fingerprint density at radius 3 is 2.82 bits per heavy atom. The lowest BCUT2D eigenvalue weighted by atomic mass is 10.0. The van der Waals surface area contributed by atoms with Crippen LogP contribution in [0.2, 0.25) is 0 Å². The molecule has 0 spiro atoms. The van der Waals surface area contributed by atoms with E-state index in [1.807, 2.05) is 13.1 Å². The Morgan fingerprint density at radius 1 is 1.29 bits per heavy atom. The van der Waals surface area contributed by atoms with Crippen molar-refractivity contribution in [3.63, 3.8) is 0 Å². The third-order valence-electron chi connectivity index (χ3n) is 2.77. The number of nitrogens with zero attached hydrogens (tertiary/aromatic N) is 2. The van der Waals surface area contributed by atoms with Crippen LogP contribution in [0.1, 0.15) is 18.3 Å². The quantitative estimate of drug-likeness (QED) is 0.823. The van der Waals surface area contributed by atoms with Crippen LogP contribution in [0.15, 0.2) is 24.3 Å². The summed E-state index contributed by atoms with van der Waals surface area (Å²) >= 11 is 0. The largest absolute Gasteiger partial charge is 0.319 e. The maximum atomic E-state index is 4.48. The van der Waals surface area contributed by atoms with Crippen molar-refractivity contribution < 1.29 is 0 Å². The van der Waals surface area contributed by atoms with Gasteiger partial charge in [-0.05, 0) is 25.6 Å². The number of hydrogen-bond donors (Lipinski definition) is 2. The van der Waals surface area contributed by atoms with Crippen LogP contribution in [-0.2, 0) is 12.8 Å². The molecule has 4 heteroatoms. The van der Waals surface area contributed by atoms with E-state index in [1.165, 1.54) is 5.56 Å². The number of H-pyrrole nitrogens is 1. The summed E-state index contributed by atoms with van der Waals surface area (Å²) in [5, 5.41) is 10.4. The molecule has 1 aromatic heterocycles. The van der Waals surface area contributed by atoms with Gasteiger partial charge in [-0.15, -0.1) is 0 Å². The number of nitrogens with one attached hydrogen (secondary N) is 2. The van der Waals surface area contributed by atoms with Crippen molar-refractivity contribution in [3.8, 4) is 11.4 Å². The standard InChI is InChI=1S/C13H18N4/c1-3-12-15-13(17-16-12)11-7-5-4-6-10(11)8-9-14-2/h4-7,14H,3,8-9H2,1-2H3,(H,15,16,17). The van der Waals surface area contributed by atoms with E-state index < -0.39 is 0 Å². The molecule has 0 fully saturated rings. The zero-order valence-electron chi connectivity index (χ0n) is 10.3. The topological polar surface area (TPSA) is 53.6 Å². The smallest absolute Gasteiger partial charge is 0.181 e. The monoisotopic (exact) mass is 230 g/mol. The van der Waals surface area contributed by atoms with E-state index >= 15 is 0 Å². The maximum absolute atomic E-state index is 4.48. The van der Waals surface area contributed by atoms with Crippen LogP contribution in [0.25, 0.3) is 11.4 Å². The van der Waals surface area contributed by atoms with Gasteiger partial charge in [-0.3, -0.25) is 5.10 Å². The Balaban J connectivity index is 2.30. The van der Waals surface area contributed by atoms with Crippen molar-refractivity contribution in [1.29, 1.82) is 0 Å². The zero-order chi connectivity index (χ0) is 12.1. The second-order valence-electron chi connectivity index (χ2n) is 3.97. The lowest BCUT2D eigenvalue weighted by Crippen LogP contribution is -2.10. The fourth-order valence-corrected chi connectivity index (χ4v) is 1.79. The lowest BCUT2D eigenvalue weighted by molar-refractivity contribution is 0.792. The molecule has 0 atom stereocenters.